The Kier molecular flexibility index (Phi) is 11.9. The molecule has 1 heterocycles. The van der Waals surface area contributed by atoms with Gasteiger partial charge in [-0.3, -0.25) is 33.8 Å². The Bertz CT molecular complexity index is 1150. The topological polar surface area (TPSA) is 244 Å². The number of benzene rings is 1. The predicted octanol–water partition coefficient (Wildman–Crippen LogP) is -2.82. The number of primary amides is 1. The SMILES string of the molecule is CCC1NC(=O)c2cccc(c2)CNC(=O)[C@H](CC(N)=O)NC(=O)CNC(=O)[C@H](CCCN=C(N)N)N(C)C1=O. The van der Waals surface area contributed by atoms with Crippen LogP contribution < -0.4 is 38.5 Å². The molecule has 15 heteroatoms. The van der Waals surface area contributed by atoms with Crippen LogP contribution in [0.5, 0.6) is 0 Å². The second-order valence-electron chi connectivity index (χ2n) is 9.27. The van der Waals surface area contributed by atoms with Gasteiger partial charge in [-0.2, -0.15) is 0 Å². The molecule has 1 aliphatic heterocycles. The van der Waals surface area contributed by atoms with Gasteiger partial charge >= 0.3 is 0 Å². The lowest BCUT2D eigenvalue weighted by molar-refractivity contribution is -0.141. The molecule has 6 amide bonds. The lowest BCUT2D eigenvalue weighted by Gasteiger charge is -2.30. The van der Waals surface area contributed by atoms with Crippen LogP contribution in [0, 0.1) is 0 Å². The molecule has 2 bridgehead atoms. The van der Waals surface area contributed by atoms with Gasteiger partial charge in [-0.05, 0) is 37.0 Å². The molecule has 1 aromatic rings. The quantitative estimate of drug-likeness (QED) is 0.104. The summed E-state index contributed by atoms with van der Waals surface area (Å²) in [6, 6.07) is 3.12. The van der Waals surface area contributed by atoms with Crippen LogP contribution in [0.15, 0.2) is 29.3 Å². The standard InChI is InChI=1S/C25H37N9O6/c1-3-16-24(40)34(2)18(8-5-9-29-25(27)28)23(39)31-13-20(36)32-17(11-19(26)35)22(38)30-12-14-6-4-7-15(10-14)21(37)33-16/h4,6-7,10,16-18H,3,5,8-9,11-13H2,1-2H3,(H2,26,35)(H,30,38)(H,31,39)(H,32,36)(H,33,37)(H4,27,28,29)/t16?,17-,18-/m0/s1. The number of nitrogens with zero attached hydrogens (tertiary/aromatic N) is 2. The third-order valence-corrected chi connectivity index (χ3v) is 6.20. The van der Waals surface area contributed by atoms with Crippen LogP contribution in [0.3, 0.4) is 0 Å². The number of carbonyl (C=O) groups excluding carboxylic acids is 6. The van der Waals surface area contributed by atoms with Crippen molar-refractivity contribution in [1.82, 2.24) is 26.2 Å². The van der Waals surface area contributed by atoms with E-state index in [4.69, 9.17) is 17.2 Å². The van der Waals surface area contributed by atoms with Crippen molar-refractivity contribution >= 4 is 41.4 Å². The zero-order valence-corrected chi connectivity index (χ0v) is 22.6. The van der Waals surface area contributed by atoms with Crippen molar-refractivity contribution in [3.8, 4) is 0 Å². The van der Waals surface area contributed by atoms with E-state index < -0.39 is 66.5 Å². The molecule has 1 unspecified atom stereocenters. The van der Waals surface area contributed by atoms with Gasteiger partial charge < -0.3 is 43.4 Å². The first kappa shape index (κ1) is 31.5. The molecule has 0 saturated heterocycles. The molecule has 218 valence electrons. The number of fused-ring (bicyclic) bond motifs is 2. The summed E-state index contributed by atoms with van der Waals surface area (Å²) in [7, 11) is 1.42. The largest absolute Gasteiger partial charge is 0.370 e. The summed E-state index contributed by atoms with van der Waals surface area (Å²) in [5.41, 5.74) is 16.8. The summed E-state index contributed by atoms with van der Waals surface area (Å²) in [6.07, 6.45) is 0.246. The van der Waals surface area contributed by atoms with Crippen molar-refractivity contribution in [2.45, 2.75) is 57.3 Å². The fourth-order valence-electron chi connectivity index (χ4n) is 4.05. The van der Waals surface area contributed by atoms with Crippen LogP contribution in [-0.4, -0.2) is 84.6 Å². The number of nitrogens with two attached hydrogens (primary N) is 3. The van der Waals surface area contributed by atoms with Crippen LogP contribution >= 0.6 is 0 Å². The number of likely N-dealkylation sites (N-methyl/N-ethyl adjacent to an activating group) is 1. The maximum atomic E-state index is 13.4. The Hall–Kier alpha value is -4.69. The van der Waals surface area contributed by atoms with Gasteiger partial charge in [0.2, 0.25) is 29.5 Å². The fourth-order valence-corrected chi connectivity index (χ4v) is 4.05. The molecule has 0 aromatic heterocycles. The Morgan fingerprint density at radius 2 is 1.70 bits per heavy atom. The molecule has 40 heavy (non-hydrogen) atoms. The van der Waals surface area contributed by atoms with E-state index in [0.717, 1.165) is 0 Å². The summed E-state index contributed by atoms with van der Waals surface area (Å²) >= 11 is 0. The number of guanidine groups is 1. The Morgan fingerprint density at radius 3 is 2.35 bits per heavy atom. The van der Waals surface area contributed by atoms with E-state index in [9.17, 15) is 28.8 Å². The van der Waals surface area contributed by atoms with Gasteiger partial charge in [0.05, 0.1) is 13.0 Å². The van der Waals surface area contributed by atoms with Crippen molar-refractivity contribution in [2.75, 3.05) is 20.1 Å². The summed E-state index contributed by atoms with van der Waals surface area (Å²) in [6.45, 7) is 1.37. The first-order valence-electron chi connectivity index (χ1n) is 12.8. The van der Waals surface area contributed by atoms with E-state index in [1.54, 1.807) is 31.2 Å². The summed E-state index contributed by atoms with van der Waals surface area (Å²) < 4.78 is 0. The predicted molar refractivity (Wildman–Crippen MR) is 145 cm³/mol. The molecule has 0 saturated carbocycles. The molecule has 1 aliphatic rings. The van der Waals surface area contributed by atoms with Crippen LogP contribution in [-0.2, 0) is 30.5 Å². The van der Waals surface area contributed by atoms with Crippen molar-refractivity contribution in [3.63, 3.8) is 0 Å². The minimum Gasteiger partial charge on any atom is -0.370 e. The molecular weight excluding hydrogens is 522 g/mol. The minimum absolute atomic E-state index is 0.0117. The average molecular weight is 560 g/mol. The second-order valence-corrected chi connectivity index (χ2v) is 9.27. The third-order valence-electron chi connectivity index (χ3n) is 6.20. The summed E-state index contributed by atoms with van der Waals surface area (Å²) in [4.78, 5) is 81.5. The number of aliphatic imine (C=N–C) groups is 1. The van der Waals surface area contributed by atoms with Gasteiger partial charge in [-0.15, -0.1) is 0 Å². The Balaban J connectivity index is 2.40. The number of hydrogen-bond donors (Lipinski definition) is 7. The first-order chi connectivity index (χ1) is 18.9. The fraction of sp³-hybridized carbons (Fsp3) is 0.480. The first-order valence-corrected chi connectivity index (χ1v) is 12.8. The highest BCUT2D eigenvalue weighted by atomic mass is 16.2. The molecule has 0 spiro atoms. The number of nitrogens with one attached hydrogen (secondary N) is 4. The third kappa shape index (κ3) is 9.56. The van der Waals surface area contributed by atoms with Gasteiger partial charge in [-0.1, -0.05) is 19.1 Å². The number of rotatable bonds is 7. The Morgan fingerprint density at radius 1 is 1.00 bits per heavy atom. The zero-order chi connectivity index (χ0) is 29.8. The highest BCUT2D eigenvalue weighted by molar-refractivity contribution is 5.99. The molecule has 1 aromatic carbocycles. The van der Waals surface area contributed by atoms with E-state index in [2.05, 4.69) is 26.3 Å². The molecular formula is C25H37N9O6. The van der Waals surface area contributed by atoms with E-state index in [1.165, 1.54) is 11.9 Å². The highest BCUT2D eigenvalue weighted by Crippen LogP contribution is 2.12. The molecule has 0 aliphatic carbocycles. The van der Waals surface area contributed by atoms with Gasteiger partial charge in [0.25, 0.3) is 5.91 Å². The smallest absolute Gasteiger partial charge is 0.251 e. The molecule has 3 atom stereocenters. The maximum absolute atomic E-state index is 13.4. The van der Waals surface area contributed by atoms with Crippen LogP contribution in [0.4, 0.5) is 0 Å². The van der Waals surface area contributed by atoms with Gasteiger partial charge in [0.15, 0.2) is 5.96 Å². The summed E-state index contributed by atoms with van der Waals surface area (Å²) in [5.74, 6) is -4.04. The maximum Gasteiger partial charge on any atom is 0.251 e. The van der Waals surface area contributed by atoms with E-state index in [1.807, 2.05) is 0 Å². The molecule has 2 rings (SSSR count). The molecule has 15 nitrogen and oxygen atoms in total. The van der Waals surface area contributed by atoms with E-state index in [0.29, 0.717) is 12.0 Å². The van der Waals surface area contributed by atoms with Crippen molar-refractivity contribution in [3.05, 3.63) is 35.4 Å². The van der Waals surface area contributed by atoms with Gasteiger partial charge in [0.1, 0.15) is 18.1 Å². The molecule has 0 fully saturated rings. The van der Waals surface area contributed by atoms with E-state index in [-0.39, 0.29) is 37.5 Å². The van der Waals surface area contributed by atoms with Crippen LogP contribution in [0.1, 0.15) is 48.5 Å². The number of carbonyl (C=O) groups is 6. The lowest BCUT2D eigenvalue weighted by Crippen LogP contribution is -2.56. The molecule has 0 radical (unpaired) electrons. The second kappa shape index (κ2) is 15.0. The lowest BCUT2D eigenvalue weighted by atomic mass is 10.1. The number of amides is 6. The average Bonchev–Trinajstić information content (AvgIpc) is 2.91. The monoisotopic (exact) mass is 559 g/mol. The van der Waals surface area contributed by atoms with Crippen molar-refractivity contribution < 1.29 is 28.8 Å². The van der Waals surface area contributed by atoms with Gasteiger partial charge in [-0.25, -0.2) is 0 Å². The number of hydrogen-bond acceptors (Lipinski definition) is 7. The Labute approximate surface area is 231 Å². The van der Waals surface area contributed by atoms with Crippen molar-refractivity contribution in [1.29, 1.82) is 0 Å². The zero-order valence-electron chi connectivity index (χ0n) is 22.6. The van der Waals surface area contributed by atoms with Crippen LogP contribution in [0.2, 0.25) is 0 Å². The van der Waals surface area contributed by atoms with Crippen molar-refractivity contribution in [2.24, 2.45) is 22.2 Å². The summed E-state index contributed by atoms with van der Waals surface area (Å²) in [5, 5.41) is 10.2. The molecule has 10 N–H and O–H groups in total. The van der Waals surface area contributed by atoms with E-state index >= 15 is 0 Å². The van der Waals surface area contributed by atoms with Crippen LogP contribution in [0.25, 0.3) is 0 Å². The minimum atomic E-state index is -1.29. The highest BCUT2D eigenvalue weighted by Gasteiger charge is 2.32. The normalized spacial score (nSPS) is 21.2. The van der Waals surface area contributed by atoms with Gasteiger partial charge in [0, 0.05) is 25.7 Å².